The average Bonchev–Trinajstić information content (AvgIpc) is 3.43. The number of benzene rings is 1. The minimum absolute atomic E-state index is 0.121. The Hall–Kier alpha value is -1.14. The van der Waals surface area contributed by atoms with Gasteiger partial charge in [-0.05, 0) is 68.1 Å². The molecule has 2 N–H and O–H groups in total. The van der Waals surface area contributed by atoms with E-state index in [2.05, 4.69) is 34.2 Å². The molecular weight excluding hydrogens is 388 g/mol. The molecule has 3 saturated carbocycles. The van der Waals surface area contributed by atoms with Crippen LogP contribution in [0.4, 0.5) is 5.69 Å². The van der Waals surface area contributed by atoms with E-state index in [4.69, 9.17) is 0 Å². The van der Waals surface area contributed by atoms with E-state index in [0.717, 1.165) is 36.9 Å². The van der Waals surface area contributed by atoms with E-state index >= 15 is 0 Å². The summed E-state index contributed by atoms with van der Waals surface area (Å²) < 4.78 is 0.435. The van der Waals surface area contributed by atoms with Gasteiger partial charge >= 0.3 is 0 Å². The quantitative estimate of drug-likeness (QED) is 0.753. The van der Waals surface area contributed by atoms with Crippen LogP contribution in [-0.2, 0) is 16.1 Å². The fraction of sp³-hybridized carbons (Fsp3) is 0.636. The molecule has 1 aliphatic heterocycles. The molecule has 2 amide bonds. The smallest absolute Gasteiger partial charge is 0.227 e. The summed E-state index contributed by atoms with van der Waals surface area (Å²) in [6.07, 6.45) is 6.72. The van der Waals surface area contributed by atoms with E-state index in [0.29, 0.717) is 22.5 Å². The van der Waals surface area contributed by atoms with Crippen molar-refractivity contribution in [1.82, 2.24) is 5.32 Å². The molecule has 6 heteroatoms. The van der Waals surface area contributed by atoms with Crippen molar-refractivity contribution >= 4 is 41.0 Å². The Balaban J connectivity index is 1.16. The molecule has 3 atom stereocenters. The minimum Gasteiger partial charge on any atom is -0.352 e. The highest BCUT2D eigenvalue weighted by Crippen LogP contribution is 2.65. The van der Waals surface area contributed by atoms with Crippen LogP contribution in [0.3, 0.4) is 0 Å². The van der Waals surface area contributed by atoms with Crippen molar-refractivity contribution in [1.29, 1.82) is 0 Å². The highest BCUT2D eigenvalue weighted by molar-refractivity contribution is 8.21. The Kier molecular flexibility index (Phi) is 5.12. The number of thioether (sulfide) groups is 2. The van der Waals surface area contributed by atoms with Gasteiger partial charge < -0.3 is 10.6 Å². The van der Waals surface area contributed by atoms with Gasteiger partial charge in [0.05, 0.1) is 4.08 Å². The van der Waals surface area contributed by atoms with Crippen LogP contribution in [-0.4, -0.2) is 27.4 Å². The van der Waals surface area contributed by atoms with E-state index in [-0.39, 0.29) is 23.7 Å². The lowest BCUT2D eigenvalue weighted by atomic mass is 9.79. The first-order chi connectivity index (χ1) is 13.6. The van der Waals surface area contributed by atoms with Gasteiger partial charge in [0.1, 0.15) is 0 Å². The zero-order chi connectivity index (χ0) is 19.1. The maximum Gasteiger partial charge on any atom is 0.227 e. The van der Waals surface area contributed by atoms with Gasteiger partial charge in [-0.25, -0.2) is 0 Å². The highest BCUT2D eigenvalue weighted by atomic mass is 32.2. The van der Waals surface area contributed by atoms with Crippen LogP contribution in [0.1, 0.15) is 44.1 Å². The Labute approximate surface area is 175 Å². The second-order valence-corrected chi connectivity index (χ2v) is 11.7. The van der Waals surface area contributed by atoms with Crippen LogP contribution in [0.2, 0.25) is 0 Å². The zero-order valence-electron chi connectivity index (χ0n) is 16.1. The minimum atomic E-state index is 0.121. The van der Waals surface area contributed by atoms with Crippen molar-refractivity contribution in [3.8, 4) is 0 Å². The molecule has 4 nitrogen and oxygen atoms in total. The van der Waals surface area contributed by atoms with Crippen LogP contribution >= 0.6 is 23.5 Å². The van der Waals surface area contributed by atoms with Gasteiger partial charge in [-0.1, -0.05) is 12.1 Å². The molecule has 2 bridgehead atoms. The topological polar surface area (TPSA) is 58.2 Å². The van der Waals surface area contributed by atoms with Gasteiger partial charge in [0, 0.05) is 35.6 Å². The Bertz CT molecular complexity index is 758. The maximum atomic E-state index is 12.9. The molecule has 3 aliphatic carbocycles. The van der Waals surface area contributed by atoms with Gasteiger partial charge in [-0.15, -0.1) is 23.5 Å². The first kappa shape index (κ1) is 18.9. The molecule has 4 aliphatic rings. The molecule has 4 fully saturated rings. The normalized spacial score (nSPS) is 30.4. The maximum absolute atomic E-state index is 12.9. The molecule has 1 heterocycles. The molecule has 1 spiro atoms. The van der Waals surface area contributed by atoms with Crippen molar-refractivity contribution in [2.45, 2.75) is 49.1 Å². The third-order valence-corrected chi connectivity index (χ3v) is 10.9. The van der Waals surface area contributed by atoms with Crippen LogP contribution in [0, 0.1) is 23.7 Å². The Morgan fingerprint density at radius 3 is 2.36 bits per heavy atom. The lowest BCUT2D eigenvalue weighted by Crippen LogP contribution is -2.42. The van der Waals surface area contributed by atoms with Crippen molar-refractivity contribution in [2.75, 3.05) is 16.8 Å². The molecule has 1 unspecified atom stereocenters. The van der Waals surface area contributed by atoms with Gasteiger partial charge in [-0.2, -0.15) is 0 Å². The first-order valence-electron chi connectivity index (χ1n) is 10.6. The number of nitrogens with one attached hydrogen (secondary N) is 2. The van der Waals surface area contributed by atoms with Crippen molar-refractivity contribution < 1.29 is 9.59 Å². The third-order valence-electron chi connectivity index (χ3n) is 6.86. The van der Waals surface area contributed by atoms with Crippen molar-refractivity contribution in [3.05, 3.63) is 29.8 Å². The van der Waals surface area contributed by atoms with E-state index in [9.17, 15) is 9.59 Å². The van der Waals surface area contributed by atoms with Crippen LogP contribution < -0.4 is 10.6 Å². The molecule has 1 saturated heterocycles. The van der Waals surface area contributed by atoms with E-state index in [1.165, 1.54) is 24.3 Å². The number of amides is 2. The lowest BCUT2D eigenvalue weighted by molar-refractivity contribution is -0.126. The standard InChI is InChI=1S/C22H28N2O2S2/c25-20(16-11-17-6-7-18(12-16)22(17)27-8-9-28-22)23-13-14-2-1-3-19(10-14)24-21(26)15-4-5-15/h1-3,10,15-18H,4-9,11-13H2,(H,23,25)(H,24,26)/t16?,17-,18+. The molecule has 0 aromatic heterocycles. The second-order valence-electron chi connectivity index (χ2n) is 8.74. The summed E-state index contributed by atoms with van der Waals surface area (Å²) in [6.45, 7) is 0.534. The lowest BCUT2D eigenvalue weighted by Gasteiger charge is -2.42. The predicted molar refractivity (Wildman–Crippen MR) is 116 cm³/mol. The van der Waals surface area contributed by atoms with Crippen molar-refractivity contribution in [2.24, 2.45) is 23.7 Å². The number of hydrogen-bond donors (Lipinski definition) is 2. The summed E-state index contributed by atoms with van der Waals surface area (Å²) in [5.41, 5.74) is 1.87. The van der Waals surface area contributed by atoms with Gasteiger partial charge in [0.2, 0.25) is 11.8 Å². The van der Waals surface area contributed by atoms with Gasteiger partial charge in [-0.3, -0.25) is 9.59 Å². The Morgan fingerprint density at radius 1 is 0.964 bits per heavy atom. The van der Waals surface area contributed by atoms with E-state index in [1.807, 2.05) is 24.3 Å². The first-order valence-corrected chi connectivity index (χ1v) is 12.6. The summed E-state index contributed by atoms with van der Waals surface area (Å²) in [5, 5.41) is 6.15. The summed E-state index contributed by atoms with van der Waals surface area (Å²) in [5.74, 6) is 4.68. The fourth-order valence-corrected chi connectivity index (χ4v) is 9.23. The number of rotatable bonds is 5. The van der Waals surface area contributed by atoms with Gasteiger partial charge in [0.15, 0.2) is 0 Å². The zero-order valence-corrected chi connectivity index (χ0v) is 17.7. The molecule has 1 aromatic carbocycles. The largest absolute Gasteiger partial charge is 0.352 e. The summed E-state index contributed by atoms with van der Waals surface area (Å²) >= 11 is 4.36. The summed E-state index contributed by atoms with van der Waals surface area (Å²) in [4.78, 5) is 24.8. The second kappa shape index (κ2) is 7.60. The predicted octanol–water partition coefficient (Wildman–Crippen LogP) is 4.26. The summed E-state index contributed by atoms with van der Waals surface area (Å²) in [7, 11) is 0. The van der Waals surface area contributed by atoms with Crippen LogP contribution in [0.25, 0.3) is 0 Å². The Morgan fingerprint density at radius 2 is 1.68 bits per heavy atom. The average molecular weight is 417 g/mol. The fourth-order valence-electron chi connectivity index (χ4n) is 5.30. The molecule has 0 radical (unpaired) electrons. The van der Waals surface area contributed by atoms with E-state index in [1.54, 1.807) is 0 Å². The third kappa shape index (κ3) is 3.58. The monoisotopic (exact) mass is 416 g/mol. The number of anilines is 1. The molecule has 5 rings (SSSR count). The molecule has 28 heavy (non-hydrogen) atoms. The molecule has 150 valence electrons. The molecule has 1 aromatic rings. The van der Waals surface area contributed by atoms with Gasteiger partial charge in [0.25, 0.3) is 0 Å². The number of carbonyl (C=O) groups excluding carboxylic acids is 2. The van der Waals surface area contributed by atoms with Crippen molar-refractivity contribution in [3.63, 3.8) is 0 Å². The number of hydrogen-bond acceptors (Lipinski definition) is 4. The summed E-state index contributed by atoms with van der Waals surface area (Å²) in [6, 6.07) is 7.86. The highest BCUT2D eigenvalue weighted by Gasteiger charge is 2.57. The van der Waals surface area contributed by atoms with E-state index < -0.39 is 0 Å². The van der Waals surface area contributed by atoms with Crippen LogP contribution in [0.15, 0.2) is 24.3 Å². The molecular formula is C22H28N2O2S2. The van der Waals surface area contributed by atoms with Crippen LogP contribution in [0.5, 0.6) is 0 Å². The number of carbonyl (C=O) groups is 2. The SMILES string of the molecule is O=C(NCc1cccc(NC(=O)C2CC2)c1)C1C[C@H]2CC[C@@H](C1)C21SCCS1.